The SMILES string of the molecule is O=C(c1cc([N+](=O)[O-])ccc1N1CCOCC1)n1ccccc1=NC1CCCCC1. The van der Waals surface area contributed by atoms with Gasteiger partial charge in [0.25, 0.3) is 11.6 Å². The fourth-order valence-electron chi connectivity index (χ4n) is 4.13. The quantitative estimate of drug-likeness (QED) is 0.571. The molecule has 0 N–H and O–H groups in total. The number of anilines is 1. The highest BCUT2D eigenvalue weighted by Gasteiger charge is 2.23. The Morgan fingerprint density at radius 1 is 1.10 bits per heavy atom. The van der Waals surface area contributed by atoms with Gasteiger partial charge in [0.05, 0.1) is 35.4 Å². The maximum absolute atomic E-state index is 13.6. The van der Waals surface area contributed by atoms with E-state index in [1.807, 2.05) is 17.0 Å². The van der Waals surface area contributed by atoms with E-state index in [2.05, 4.69) is 0 Å². The summed E-state index contributed by atoms with van der Waals surface area (Å²) in [4.78, 5) is 31.3. The molecule has 8 heteroatoms. The first-order valence-electron chi connectivity index (χ1n) is 10.5. The Hall–Kier alpha value is -3.00. The van der Waals surface area contributed by atoms with Gasteiger partial charge in [0, 0.05) is 31.4 Å². The van der Waals surface area contributed by atoms with Crippen LogP contribution in [0.4, 0.5) is 11.4 Å². The molecule has 1 aromatic heterocycles. The fraction of sp³-hybridized carbons (Fsp3) is 0.455. The van der Waals surface area contributed by atoms with Gasteiger partial charge in [-0.2, -0.15) is 0 Å². The molecule has 8 nitrogen and oxygen atoms in total. The lowest BCUT2D eigenvalue weighted by Gasteiger charge is -2.30. The van der Waals surface area contributed by atoms with E-state index in [1.54, 1.807) is 18.3 Å². The second-order valence-electron chi connectivity index (χ2n) is 7.71. The van der Waals surface area contributed by atoms with Crippen LogP contribution in [0.25, 0.3) is 0 Å². The lowest BCUT2D eigenvalue weighted by molar-refractivity contribution is -0.384. The van der Waals surface area contributed by atoms with Gasteiger partial charge >= 0.3 is 0 Å². The Morgan fingerprint density at radius 3 is 2.60 bits per heavy atom. The van der Waals surface area contributed by atoms with Crippen molar-refractivity contribution in [3.8, 4) is 0 Å². The molecule has 2 aromatic rings. The minimum atomic E-state index is -0.469. The molecule has 1 saturated heterocycles. The summed E-state index contributed by atoms with van der Waals surface area (Å²) in [6, 6.07) is 10.2. The highest BCUT2D eigenvalue weighted by atomic mass is 16.6. The van der Waals surface area contributed by atoms with Crippen LogP contribution in [0.3, 0.4) is 0 Å². The van der Waals surface area contributed by atoms with Gasteiger partial charge in [-0.3, -0.25) is 24.5 Å². The van der Waals surface area contributed by atoms with Gasteiger partial charge in [-0.1, -0.05) is 25.3 Å². The lowest BCUT2D eigenvalue weighted by atomic mass is 9.96. The summed E-state index contributed by atoms with van der Waals surface area (Å²) in [5.74, 6) is -0.310. The molecule has 1 aliphatic carbocycles. The molecular formula is C22H26N4O4. The van der Waals surface area contributed by atoms with E-state index in [1.165, 1.54) is 23.1 Å². The predicted octanol–water partition coefficient (Wildman–Crippen LogP) is 3.15. The number of nitro groups is 1. The zero-order chi connectivity index (χ0) is 20.9. The van der Waals surface area contributed by atoms with Crippen LogP contribution in [0.2, 0.25) is 0 Å². The molecule has 1 aromatic carbocycles. The molecular weight excluding hydrogens is 384 g/mol. The van der Waals surface area contributed by atoms with Crippen LogP contribution in [0.1, 0.15) is 42.5 Å². The normalized spacial score (nSPS) is 18.4. The summed E-state index contributed by atoms with van der Waals surface area (Å²) in [5, 5.41) is 11.4. The topological polar surface area (TPSA) is 90.0 Å². The standard InChI is InChI=1S/C22H26N4O4/c27-22(25-11-5-4-8-21(25)23-17-6-2-1-3-7-17)19-16-18(26(28)29)9-10-20(19)24-12-14-30-15-13-24/h4-5,8-11,16-17H,1-3,6-7,12-15H2. The largest absolute Gasteiger partial charge is 0.378 e. The van der Waals surface area contributed by atoms with E-state index in [4.69, 9.17) is 9.73 Å². The molecule has 0 radical (unpaired) electrons. The average Bonchev–Trinajstić information content (AvgIpc) is 2.80. The summed E-state index contributed by atoms with van der Waals surface area (Å²) in [7, 11) is 0. The third-order valence-electron chi connectivity index (χ3n) is 5.72. The van der Waals surface area contributed by atoms with Crippen LogP contribution in [-0.4, -0.2) is 47.7 Å². The number of ether oxygens (including phenoxy) is 1. The zero-order valence-corrected chi connectivity index (χ0v) is 16.9. The third kappa shape index (κ3) is 4.43. The lowest BCUT2D eigenvalue weighted by Crippen LogP contribution is -2.38. The van der Waals surface area contributed by atoms with Crippen molar-refractivity contribution in [2.75, 3.05) is 31.2 Å². The third-order valence-corrected chi connectivity index (χ3v) is 5.72. The van der Waals surface area contributed by atoms with E-state index < -0.39 is 4.92 Å². The second kappa shape index (κ2) is 9.21. The molecule has 158 valence electrons. The van der Waals surface area contributed by atoms with Gasteiger partial charge < -0.3 is 9.64 Å². The van der Waals surface area contributed by atoms with Crippen molar-refractivity contribution in [3.63, 3.8) is 0 Å². The van der Waals surface area contributed by atoms with E-state index in [9.17, 15) is 14.9 Å². The van der Waals surface area contributed by atoms with Crippen molar-refractivity contribution < 1.29 is 14.5 Å². The second-order valence-corrected chi connectivity index (χ2v) is 7.71. The van der Waals surface area contributed by atoms with Gasteiger partial charge in [-0.05, 0) is 31.0 Å². The number of nitro benzene ring substituents is 1. The average molecular weight is 410 g/mol. The maximum atomic E-state index is 13.6. The number of carbonyl (C=O) groups excluding carboxylic acids is 1. The molecule has 2 heterocycles. The molecule has 0 unspecified atom stereocenters. The van der Waals surface area contributed by atoms with Crippen molar-refractivity contribution in [2.45, 2.75) is 38.1 Å². The number of hydrogen-bond acceptors (Lipinski definition) is 6. The molecule has 0 atom stereocenters. The summed E-state index contributed by atoms with van der Waals surface area (Å²) < 4.78 is 6.93. The number of pyridine rings is 1. The summed E-state index contributed by atoms with van der Waals surface area (Å²) >= 11 is 0. The minimum absolute atomic E-state index is 0.0994. The van der Waals surface area contributed by atoms with Crippen molar-refractivity contribution >= 4 is 17.3 Å². The van der Waals surface area contributed by atoms with Gasteiger partial charge in [-0.25, -0.2) is 0 Å². The number of benzene rings is 1. The Bertz CT molecular complexity index is 989. The van der Waals surface area contributed by atoms with Crippen LogP contribution >= 0.6 is 0 Å². The molecule has 0 spiro atoms. The highest BCUT2D eigenvalue weighted by molar-refractivity contribution is 6.01. The smallest absolute Gasteiger partial charge is 0.270 e. The van der Waals surface area contributed by atoms with Crippen LogP contribution in [0.15, 0.2) is 47.6 Å². The first kappa shape index (κ1) is 20.3. The van der Waals surface area contributed by atoms with E-state index in [-0.39, 0.29) is 17.6 Å². The van der Waals surface area contributed by atoms with E-state index >= 15 is 0 Å². The van der Waals surface area contributed by atoms with E-state index in [0.29, 0.717) is 43.0 Å². The zero-order valence-electron chi connectivity index (χ0n) is 16.9. The van der Waals surface area contributed by atoms with Gasteiger partial charge in [0.1, 0.15) is 5.49 Å². The fourth-order valence-corrected chi connectivity index (χ4v) is 4.13. The van der Waals surface area contributed by atoms with Gasteiger partial charge in [0.2, 0.25) is 0 Å². The number of carbonyl (C=O) groups is 1. The number of non-ortho nitro benzene ring substituents is 1. The Labute approximate surface area is 175 Å². The van der Waals surface area contributed by atoms with Gasteiger partial charge in [0.15, 0.2) is 0 Å². The van der Waals surface area contributed by atoms with Crippen molar-refractivity contribution in [1.29, 1.82) is 0 Å². The van der Waals surface area contributed by atoms with Gasteiger partial charge in [-0.15, -0.1) is 0 Å². The monoisotopic (exact) mass is 410 g/mol. The van der Waals surface area contributed by atoms with Crippen molar-refractivity contribution in [2.24, 2.45) is 4.99 Å². The number of aromatic nitrogens is 1. The Balaban J connectivity index is 1.76. The first-order valence-corrected chi connectivity index (χ1v) is 10.5. The number of rotatable bonds is 4. The summed E-state index contributed by atoms with van der Waals surface area (Å²) in [6.07, 6.45) is 7.28. The van der Waals surface area contributed by atoms with Crippen LogP contribution in [0, 0.1) is 10.1 Å². The molecule has 2 fully saturated rings. The van der Waals surface area contributed by atoms with Crippen molar-refractivity contribution in [3.05, 3.63) is 63.8 Å². The van der Waals surface area contributed by atoms with E-state index in [0.717, 1.165) is 25.7 Å². The van der Waals surface area contributed by atoms with Crippen molar-refractivity contribution in [1.82, 2.24) is 4.57 Å². The minimum Gasteiger partial charge on any atom is -0.378 e. The van der Waals surface area contributed by atoms with Crippen LogP contribution in [-0.2, 0) is 4.74 Å². The molecule has 0 amide bonds. The number of hydrogen-bond donors (Lipinski definition) is 0. The molecule has 2 aliphatic rings. The Kier molecular flexibility index (Phi) is 6.23. The first-order chi connectivity index (χ1) is 14.6. The number of nitrogens with zero attached hydrogens (tertiary/aromatic N) is 4. The summed E-state index contributed by atoms with van der Waals surface area (Å²) in [5.41, 5.74) is 1.49. The molecule has 0 bridgehead atoms. The number of morpholine rings is 1. The van der Waals surface area contributed by atoms with Crippen LogP contribution < -0.4 is 10.4 Å². The predicted molar refractivity (Wildman–Crippen MR) is 113 cm³/mol. The highest BCUT2D eigenvalue weighted by Crippen LogP contribution is 2.27. The van der Waals surface area contributed by atoms with Crippen LogP contribution in [0.5, 0.6) is 0 Å². The molecule has 1 aliphatic heterocycles. The summed E-state index contributed by atoms with van der Waals surface area (Å²) in [6.45, 7) is 2.39. The molecule has 30 heavy (non-hydrogen) atoms. The maximum Gasteiger partial charge on any atom is 0.270 e. The molecule has 1 saturated carbocycles. The molecule has 4 rings (SSSR count). The Morgan fingerprint density at radius 2 is 1.87 bits per heavy atom.